The van der Waals surface area contributed by atoms with E-state index in [0.29, 0.717) is 5.91 Å². The minimum Gasteiger partial charge on any atom is -0.346 e. The van der Waals surface area contributed by atoms with Crippen LogP contribution >= 0.6 is 0 Å². The third kappa shape index (κ3) is 4.20. The van der Waals surface area contributed by atoms with E-state index in [1.54, 1.807) is 0 Å². The molecule has 0 saturated carbocycles. The quantitative estimate of drug-likeness (QED) is 0.703. The van der Waals surface area contributed by atoms with Crippen molar-refractivity contribution in [3.8, 4) is 0 Å². The van der Waals surface area contributed by atoms with E-state index >= 15 is 0 Å². The Labute approximate surface area is 93.2 Å². The van der Waals surface area contributed by atoms with Crippen LogP contribution in [0.15, 0.2) is 0 Å². The highest BCUT2D eigenvalue weighted by Gasteiger charge is 2.23. The first-order valence-corrected chi connectivity index (χ1v) is 6.21. The maximum Gasteiger partial charge on any atom is 0.225 e. The summed E-state index contributed by atoms with van der Waals surface area (Å²) in [4.78, 5) is 13.9. The molecule has 0 atom stereocenters. The third-order valence-corrected chi connectivity index (χ3v) is 3.16. The molecule has 88 valence electrons. The third-order valence-electron chi connectivity index (χ3n) is 3.16. The topological polar surface area (TPSA) is 32.3 Å². The van der Waals surface area contributed by atoms with Gasteiger partial charge in [-0.25, -0.2) is 0 Å². The molecule has 1 aliphatic rings. The van der Waals surface area contributed by atoms with Crippen molar-refractivity contribution in [2.45, 2.75) is 39.0 Å². The normalized spacial score (nSPS) is 17.7. The lowest BCUT2D eigenvalue weighted by Gasteiger charge is -2.26. The summed E-state index contributed by atoms with van der Waals surface area (Å²) in [5.74, 6) is 0.630. The lowest BCUT2D eigenvalue weighted by Crippen LogP contribution is -2.39. The zero-order valence-corrected chi connectivity index (χ0v) is 10.1. The Bertz CT molecular complexity index is 188. The van der Waals surface area contributed by atoms with Crippen LogP contribution in [0.4, 0.5) is 0 Å². The van der Waals surface area contributed by atoms with E-state index in [9.17, 15) is 4.79 Å². The van der Waals surface area contributed by atoms with Gasteiger partial charge >= 0.3 is 0 Å². The van der Waals surface area contributed by atoms with Crippen LogP contribution in [0.1, 0.15) is 39.0 Å². The van der Waals surface area contributed by atoms with Crippen molar-refractivity contribution in [3.05, 3.63) is 0 Å². The predicted octanol–water partition coefficient (Wildman–Crippen LogP) is 1.63. The Balaban J connectivity index is 2.24. The second-order valence-corrected chi connectivity index (χ2v) is 4.49. The first kappa shape index (κ1) is 12.5. The monoisotopic (exact) mass is 212 g/mol. The van der Waals surface area contributed by atoms with E-state index < -0.39 is 0 Å². The molecule has 0 bridgehead atoms. The highest BCUT2D eigenvalue weighted by Crippen LogP contribution is 2.14. The Hall–Kier alpha value is -0.570. The molecule has 1 saturated heterocycles. The summed E-state index contributed by atoms with van der Waals surface area (Å²) in [6.07, 6.45) is 5.61. The highest BCUT2D eigenvalue weighted by molar-refractivity contribution is 5.78. The molecule has 1 rings (SSSR count). The number of hydrogen-bond donors (Lipinski definition) is 1. The van der Waals surface area contributed by atoms with Gasteiger partial charge in [-0.05, 0) is 32.4 Å². The van der Waals surface area contributed by atoms with Crippen LogP contribution in [0.5, 0.6) is 0 Å². The fourth-order valence-electron chi connectivity index (χ4n) is 2.09. The van der Waals surface area contributed by atoms with Gasteiger partial charge in [0.15, 0.2) is 0 Å². The van der Waals surface area contributed by atoms with E-state index in [1.165, 1.54) is 12.8 Å². The minimum atomic E-state index is 0.276. The molecule has 0 aromatic rings. The van der Waals surface area contributed by atoms with Gasteiger partial charge in [-0.15, -0.1) is 0 Å². The second kappa shape index (κ2) is 6.83. The molecule has 0 radical (unpaired) electrons. The SMILES string of the molecule is CCCCCN(C)C(=O)C1CCNCC1. The van der Waals surface area contributed by atoms with E-state index in [4.69, 9.17) is 0 Å². The van der Waals surface area contributed by atoms with Crippen LogP contribution in [0, 0.1) is 5.92 Å². The van der Waals surface area contributed by atoms with Gasteiger partial charge in [-0.2, -0.15) is 0 Å². The number of nitrogens with one attached hydrogen (secondary N) is 1. The number of carbonyl (C=O) groups excluding carboxylic acids is 1. The van der Waals surface area contributed by atoms with Crippen LogP contribution in [0.2, 0.25) is 0 Å². The van der Waals surface area contributed by atoms with Crippen molar-refractivity contribution < 1.29 is 4.79 Å². The van der Waals surface area contributed by atoms with Gasteiger partial charge in [0.2, 0.25) is 5.91 Å². The fraction of sp³-hybridized carbons (Fsp3) is 0.917. The molecule has 1 aliphatic heterocycles. The molecule has 0 aromatic carbocycles. The molecule has 0 spiro atoms. The lowest BCUT2D eigenvalue weighted by molar-refractivity contribution is -0.135. The molecular weight excluding hydrogens is 188 g/mol. The Morgan fingerprint density at radius 1 is 1.33 bits per heavy atom. The van der Waals surface area contributed by atoms with Gasteiger partial charge in [0.1, 0.15) is 0 Å². The average Bonchev–Trinajstić information content (AvgIpc) is 2.29. The number of carbonyl (C=O) groups is 1. The van der Waals surface area contributed by atoms with Crippen LogP contribution in [-0.4, -0.2) is 37.5 Å². The van der Waals surface area contributed by atoms with Crippen molar-refractivity contribution >= 4 is 5.91 Å². The summed E-state index contributed by atoms with van der Waals surface area (Å²) in [6, 6.07) is 0. The summed E-state index contributed by atoms with van der Waals surface area (Å²) in [5, 5.41) is 3.29. The lowest BCUT2D eigenvalue weighted by atomic mass is 9.96. The van der Waals surface area contributed by atoms with E-state index in [2.05, 4.69) is 12.2 Å². The number of hydrogen-bond acceptors (Lipinski definition) is 2. The van der Waals surface area contributed by atoms with Crippen LogP contribution in [0.25, 0.3) is 0 Å². The zero-order valence-electron chi connectivity index (χ0n) is 10.1. The predicted molar refractivity (Wildman–Crippen MR) is 62.8 cm³/mol. The number of rotatable bonds is 5. The maximum absolute atomic E-state index is 12.0. The molecule has 0 aromatic heterocycles. The van der Waals surface area contributed by atoms with Crippen molar-refractivity contribution in [1.82, 2.24) is 10.2 Å². The Kier molecular flexibility index (Phi) is 5.69. The van der Waals surface area contributed by atoms with Gasteiger partial charge < -0.3 is 10.2 Å². The first-order chi connectivity index (χ1) is 7.25. The van der Waals surface area contributed by atoms with Crippen LogP contribution in [0.3, 0.4) is 0 Å². The van der Waals surface area contributed by atoms with Gasteiger partial charge in [0, 0.05) is 19.5 Å². The van der Waals surface area contributed by atoms with E-state index in [1.807, 2.05) is 11.9 Å². The summed E-state index contributed by atoms with van der Waals surface area (Å²) < 4.78 is 0. The van der Waals surface area contributed by atoms with Gasteiger partial charge in [-0.3, -0.25) is 4.79 Å². The number of amides is 1. The molecule has 1 fully saturated rings. The molecule has 0 aliphatic carbocycles. The molecule has 3 nitrogen and oxygen atoms in total. The van der Waals surface area contributed by atoms with E-state index in [0.717, 1.165) is 38.9 Å². The highest BCUT2D eigenvalue weighted by atomic mass is 16.2. The number of nitrogens with zero attached hydrogens (tertiary/aromatic N) is 1. The molecule has 0 unspecified atom stereocenters. The molecule has 3 heteroatoms. The molecule has 1 N–H and O–H groups in total. The summed E-state index contributed by atoms with van der Waals surface area (Å²) >= 11 is 0. The largest absolute Gasteiger partial charge is 0.346 e. The zero-order chi connectivity index (χ0) is 11.1. The van der Waals surface area contributed by atoms with Crippen LogP contribution < -0.4 is 5.32 Å². The molecule has 1 heterocycles. The summed E-state index contributed by atoms with van der Waals surface area (Å²) in [6.45, 7) is 5.11. The summed E-state index contributed by atoms with van der Waals surface area (Å²) in [5.41, 5.74) is 0. The van der Waals surface area contributed by atoms with Crippen molar-refractivity contribution in [1.29, 1.82) is 0 Å². The van der Waals surface area contributed by atoms with Crippen LogP contribution in [-0.2, 0) is 4.79 Å². The molecular formula is C12H24N2O. The Morgan fingerprint density at radius 3 is 2.60 bits per heavy atom. The van der Waals surface area contributed by atoms with Gasteiger partial charge in [-0.1, -0.05) is 19.8 Å². The van der Waals surface area contributed by atoms with Crippen molar-refractivity contribution in [2.75, 3.05) is 26.7 Å². The van der Waals surface area contributed by atoms with E-state index in [-0.39, 0.29) is 5.92 Å². The summed E-state index contributed by atoms with van der Waals surface area (Å²) in [7, 11) is 1.94. The molecule has 15 heavy (non-hydrogen) atoms. The second-order valence-electron chi connectivity index (χ2n) is 4.49. The average molecular weight is 212 g/mol. The minimum absolute atomic E-state index is 0.276. The maximum atomic E-state index is 12.0. The fourth-order valence-corrected chi connectivity index (χ4v) is 2.09. The standard InChI is InChI=1S/C12H24N2O/c1-3-4-5-10-14(2)12(15)11-6-8-13-9-7-11/h11,13H,3-10H2,1-2H3. The van der Waals surface area contributed by atoms with Crippen molar-refractivity contribution in [3.63, 3.8) is 0 Å². The number of unbranched alkanes of at least 4 members (excludes halogenated alkanes) is 2. The molecule has 1 amide bonds. The van der Waals surface area contributed by atoms with Crippen molar-refractivity contribution in [2.24, 2.45) is 5.92 Å². The number of piperidine rings is 1. The smallest absolute Gasteiger partial charge is 0.225 e. The van der Waals surface area contributed by atoms with Gasteiger partial charge in [0.25, 0.3) is 0 Å². The Morgan fingerprint density at radius 2 is 2.00 bits per heavy atom. The van der Waals surface area contributed by atoms with Gasteiger partial charge in [0.05, 0.1) is 0 Å². The first-order valence-electron chi connectivity index (χ1n) is 6.21.